The van der Waals surface area contributed by atoms with E-state index in [2.05, 4.69) is 15.4 Å². The molecule has 0 aliphatic rings. The number of esters is 1. The van der Waals surface area contributed by atoms with Gasteiger partial charge >= 0.3 is 5.97 Å². The Bertz CT molecular complexity index is 867. The number of carbonyl (C=O) groups excluding carboxylic acids is 3. The molecule has 0 heterocycles. The highest BCUT2D eigenvalue weighted by Gasteiger charge is 2.18. The normalized spacial score (nSPS) is 9.96. The van der Waals surface area contributed by atoms with E-state index in [9.17, 15) is 24.5 Å². The third-order valence-electron chi connectivity index (χ3n) is 3.55. The molecule has 9 heteroatoms. The van der Waals surface area contributed by atoms with E-state index in [0.717, 1.165) is 30.9 Å². The van der Waals surface area contributed by atoms with Crippen LogP contribution in [0, 0.1) is 10.1 Å². The van der Waals surface area contributed by atoms with Gasteiger partial charge in [-0.2, -0.15) is 0 Å². The van der Waals surface area contributed by atoms with E-state index >= 15 is 0 Å². The van der Waals surface area contributed by atoms with Crippen LogP contribution in [0.3, 0.4) is 0 Å². The first kappa shape index (κ1) is 19.6. The highest BCUT2D eigenvalue weighted by atomic mass is 16.6. The average Bonchev–Trinajstić information content (AvgIpc) is 2.70. The second kappa shape index (κ2) is 9.09. The quantitative estimate of drug-likeness (QED) is 0.430. The number of benzene rings is 2. The van der Waals surface area contributed by atoms with E-state index in [1.54, 1.807) is 0 Å². The summed E-state index contributed by atoms with van der Waals surface area (Å²) in [6, 6.07) is 12.4. The Kier molecular flexibility index (Phi) is 6.59. The highest BCUT2D eigenvalue weighted by Crippen LogP contribution is 2.18. The van der Waals surface area contributed by atoms with Gasteiger partial charge in [-0.25, -0.2) is 4.79 Å². The zero-order valence-electron chi connectivity index (χ0n) is 14.4. The summed E-state index contributed by atoms with van der Waals surface area (Å²) >= 11 is 0. The summed E-state index contributed by atoms with van der Waals surface area (Å²) in [5.74, 6) is -1.96. The van der Waals surface area contributed by atoms with Crippen molar-refractivity contribution in [2.45, 2.75) is 6.54 Å². The van der Waals surface area contributed by atoms with Crippen LogP contribution in [0.15, 0.2) is 48.5 Å². The summed E-state index contributed by atoms with van der Waals surface area (Å²) in [4.78, 5) is 45.9. The van der Waals surface area contributed by atoms with Crippen LogP contribution in [0.4, 0.5) is 5.69 Å². The second-order valence-electron chi connectivity index (χ2n) is 5.46. The lowest BCUT2D eigenvalue weighted by atomic mass is 10.1. The molecule has 2 aromatic rings. The van der Waals surface area contributed by atoms with Crippen molar-refractivity contribution in [3.63, 3.8) is 0 Å². The van der Waals surface area contributed by atoms with Crippen LogP contribution in [0.5, 0.6) is 0 Å². The first-order chi connectivity index (χ1) is 12.9. The molecule has 9 nitrogen and oxygen atoms in total. The molecule has 0 radical (unpaired) electrons. The van der Waals surface area contributed by atoms with E-state index in [0.29, 0.717) is 6.54 Å². The molecule has 27 heavy (non-hydrogen) atoms. The molecule has 0 fully saturated rings. The molecule has 0 saturated carbocycles. The lowest BCUT2D eigenvalue weighted by Gasteiger charge is -2.08. The summed E-state index contributed by atoms with van der Waals surface area (Å²) in [7, 11) is 1.12. The first-order valence-electron chi connectivity index (χ1n) is 7.87. The van der Waals surface area contributed by atoms with Crippen molar-refractivity contribution in [1.29, 1.82) is 0 Å². The third kappa shape index (κ3) is 5.63. The maximum absolute atomic E-state index is 12.2. The van der Waals surface area contributed by atoms with E-state index in [-0.39, 0.29) is 17.7 Å². The highest BCUT2D eigenvalue weighted by molar-refractivity contribution is 6.00. The average molecular weight is 371 g/mol. The number of non-ortho nitro benzene ring substituents is 1. The molecular formula is C18H17N3O6. The molecule has 0 spiro atoms. The Morgan fingerprint density at radius 3 is 2.33 bits per heavy atom. The van der Waals surface area contributed by atoms with Gasteiger partial charge in [-0.3, -0.25) is 19.7 Å². The van der Waals surface area contributed by atoms with Crippen LogP contribution in [0.2, 0.25) is 0 Å². The number of hydrogen-bond acceptors (Lipinski definition) is 6. The van der Waals surface area contributed by atoms with Crippen molar-refractivity contribution >= 4 is 23.5 Å². The Hall–Kier alpha value is -3.75. The SMILES string of the molecule is COC(=O)c1cc(C(=O)NCC(=O)NCc2ccccc2)cc([N+](=O)[O-])c1. The number of nitro groups is 1. The Balaban J connectivity index is 2.00. The number of nitrogens with one attached hydrogen (secondary N) is 2. The summed E-state index contributed by atoms with van der Waals surface area (Å²) in [6.07, 6.45) is 0. The predicted octanol–water partition coefficient (Wildman–Crippen LogP) is 1.43. The van der Waals surface area contributed by atoms with E-state index in [1.165, 1.54) is 0 Å². The minimum atomic E-state index is -0.812. The van der Waals surface area contributed by atoms with Gasteiger partial charge in [0.05, 0.1) is 24.1 Å². The maximum atomic E-state index is 12.2. The number of hydrogen-bond donors (Lipinski definition) is 2. The molecule has 2 aromatic carbocycles. The number of nitro benzene ring substituents is 1. The van der Waals surface area contributed by atoms with Gasteiger partial charge in [0.25, 0.3) is 11.6 Å². The molecular weight excluding hydrogens is 354 g/mol. The van der Waals surface area contributed by atoms with Crippen molar-refractivity contribution in [3.8, 4) is 0 Å². The van der Waals surface area contributed by atoms with Gasteiger partial charge in [-0.05, 0) is 11.6 Å². The summed E-state index contributed by atoms with van der Waals surface area (Å²) < 4.78 is 4.52. The van der Waals surface area contributed by atoms with Crippen molar-refractivity contribution in [2.75, 3.05) is 13.7 Å². The Morgan fingerprint density at radius 1 is 1.04 bits per heavy atom. The molecule has 0 aliphatic carbocycles. The van der Waals surface area contributed by atoms with Crippen LogP contribution in [-0.2, 0) is 16.1 Å². The van der Waals surface area contributed by atoms with E-state index < -0.39 is 28.4 Å². The van der Waals surface area contributed by atoms with Gasteiger partial charge in [0.15, 0.2) is 0 Å². The van der Waals surface area contributed by atoms with Gasteiger partial charge in [0.1, 0.15) is 0 Å². The van der Waals surface area contributed by atoms with Crippen molar-refractivity contribution in [2.24, 2.45) is 0 Å². The molecule has 2 amide bonds. The molecule has 0 unspecified atom stereocenters. The number of ether oxygens (including phenoxy) is 1. The molecule has 140 valence electrons. The van der Waals surface area contributed by atoms with Gasteiger partial charge in [0.2, 0.25) is 5.91 Å². The van der Waals surface area contributed by atoms with Crippen molar-refractivity contribution in [1.82, 2.24) is 10.6 Å². The fraction of sp³-hybridized carbons (Fsp3) is 0.167. The lowest BCUT2D eigenvalue weighted by molar-refractivity contribution is -0.384. The van der Waals surface area contributed by atoms with Gasteiger partial charge < -0.3 is 15.4 Å². The molecule has 0 saturated heterocycles. The zero-order chi connectivity index (χ0) is 19.8. The summed E-state index contributed by atoms with van der Waals surface area (Å²) in [6.45, 7) is -0.0131. The first-order valence-corrected chi connectivity index (χ1v) is 7.87. The molecule has 0 aliphatic heterocycles. The number of nitrogens with zero attached hydrogens (tertiary/aromatic N) is 1. The van der Waals surface area contributed by atoms with Crippen LogP contribution in [0.25, 0.3) is 0 Å². The minimum absolute atomic E-state index is 0.125. The van der Waals surface area contributed by atoms with Crippen LogP contribution < -0.4 is 10.6 Å². The minimum Gasteiger partial charge on any atom is -0.465 e. The lowest BCUT2D eigenvalue weighted by Crippen LogP contribution is -2.36. The van der Waals surface area contributed by atoms with Crippen LogP contribution in [-0.4, -0.2) is 36.4 Å². The summed E-state index contributed by atoms with van der Waals surface area (Å²) in [5.41, 5.74) is 0.209. The molecule has 0 atom stereocenters. The summed E-state index contributed by atoms with van der Waals surface area (Å²) in [5, 5.41) is 16.0. The fourth-order valence-electron chi connectivity index (χ4n) is 2.21. The topological polar surface area (TPSA) is 128 Å². The predicted molar refractivity (Wildman–Crippen MR) is 95.1 cm³/mol. The monoisotopic (exact) mass is 371 g/mol. The van der Waals surface area contributed by atoms with Crippen LogP contribution >= 0.6 is 0 Å². The fourth-order valence-corrected chi connectivity index (χ4v) is 2.21. The van der Waals surface area contributed by atoms with Crippen molar-refractivity contribution in [3.05, 3.63) is 75.3 Å². The molecule has 0 bridgehead atoms. The van der Waals surface area contributed by atoms with E-state index in [1.807, 2.05) is 30.3 Å². The van der Waals surface area contributed by atoms with Gasteiger partial charge in [-0.1, -0.05) is 30.3 Å². The molecule has 0 aromatic heterocycles. The van der Waals surface area contributed by atoms with E-state index in [4.69, 9.17) is 0 Å². The number of methoxy groups -OCH3 is 1. The molecule has 2 rings (SSSR count). The molecule has 2 N–H and O–H groups in total. The maximum Gasteiger partial charge on any atom is 0.338 e. The second-order valence-corrected chi connectivity index (χ2v) is 5.46. The Labute approximate surface area is 154 Å². The largest absolute Gasteiger partial charge is 0.465 e. The number of amides is 2. The smallest absolute Gasteiger partial charge is 0.338 e. The number of rotatable bonds is 7. The Morgan fingerprint density at radius 2 is 1.70 bits per heavy atom. The third-order valence-corrected chi connectivity index (χ3v) is 3.55. The van der Waals surface area contributed by atoms with Gasteiger partial charge in [0, 0.05) is 24.2 Å². The van der Waals surface area contributed by atoms with Crippen molar-refractivity contribution < 1.29 is 24.0 Å². The standard InChI is InChI=1S/C18H17N3O6/c1-27-18(24)14-7-13(8-15(9-14)21(25)26)17(23)20-11-16(22)19-10-12-5-3-2-4-6-12/h2-9H,10-11H2,1H3,(H,19,22)(H,20,23). The zero-order valence-corrected chi connectivity index (χ0v) is 14.4. The van der Waals surface area contributed by atoms with Gasteiger partial charge in [-0.15, -0.1) is 0 Å². The van der Waals surface area contributed by atoms with Crippen LogP contribution in [0.1, 0.15) is 26.3 Å². The number of carbonyl (C=O) groups is 3.